The third-order valence-corrected chi connectivity index (χ3v) is 2.14. The van der Waals surface area contributed by atoms with Crippen LogP contribution < -0.4 is 0 Å². The molecule has 0 saturated heterocycles. The zero-order valence-electron chi connectivity index (χ0n) is 8.65. The van der Waals surface area contributed by atoms with Gasteiger partial charge in [0, 0.05) is 0 Å². The van der Waals surface area contributed by atoms with E-state index in [4.69, 9.17) is 5.26 Å². The first-order valence-electron chi connectivity index (χ1n) is 4.50. The van der Waals surface area contributed by atoms with Crippen molar-refractivity contribution in [3.63, 3.8) is 0 Å². The van der Waals surface area contributed by atoms with Gasteiger partial charge in [-0.3, -0.25) is 4.98 Å². The number of hydrogen-bond donors (Lipinski definition) is 0. The standard InChI is InChI=1S/C10H7F5N2/c1-5-7(10(13,14)15)4-6(2-3-16)17-8(5)9(11)12/h4,9H,2H2,1H3. The summed E-state index contributed by atoms with van der Waals surface area (Å²) in [6, 6.07) is 2.20. The number of pyridine rings is 1. The molecule has 7 heteroatoms. The molecule has 0 N–H and O–H groups in total. The highest BCUT2D eigenvalue weighted by Crippen LogP contribution is 2.35. The first kappa shape index (κ1) is 13.4. The van der Waals surface area contributed by atoms with Gasteiger partial charge in [-0.25, -0.2) is 8.78 Å². The fourth-order valence-corrected chi connectivity index (χ4v) is 1.36. The van der Waals surface area contributed by atoms with Crippen LogP contribution in [0.4, 0.5) is 22.0 Å². The summed E-state index contributed by atoms with van der Waals surface area (Å²) in [5.41, 5.74) is -3.01. The van der Waals surface area contributed by atoms with E-state index in [0.717, 1.165) is 6.92 Å². The van der Waals surface area contributed by atoms with Crippen LogP contribution in [0.3, 0.4) is 0 Å². The fourth-order valence-electron chi connectivity index (χ4n) is 1.36. The molecule has 2 nitrogen and oxygen atoms in total. The predicted molar refractivity (Wildman–Crippen MR) is 48.3 cm³/mol. The highest BCUT2D eigenvalue weighted by Gasteiger charge is 2.35. The zero-order chi connectivity index (χ0) is 13.2. The van der Waals surface area contributed by atoms with Gasteiger partial charge < -0.3 is 0 Å². The Kier molecular flexibility index (Phi) is 3.66. The van der Waals surface area contributed by atoms with Crippen molar-refractivity contribution in [1.82, 2.24) is 4.98 Å². The van der Waals surface area contributed by atoms with Crippen LogP contribution in [-0.2, 0) is 12.6 Å². The monoisotopic (exact) mass is 250 g/mol. The van der Waals surface area contributed by atoms with Gasteiger partial charge in [-0.1, -0.05) is 0 Å². The molecule has 1 rings (SSSR count). The van der Waals surface area contributed by atoms with Gasteiger partial charge in [-0.15, -0.1) is 0 Å². The van der Waals surface area contributed by atoms with Gasteiger partial charge in [0.2, 0.25) is 0 Å². The lowest BCUT2D eigenvalue weighted by molar-refractivity contribution is -0.138. The van der Waals surface area contributed by atoms with Crippen LogP contribution in [0.1, 0.15) is 28.9 Å². The highest BCUT2D eigenvalue weighted by atomic mass is 19.4. The molecule has 0 atom stereocenters. The second kappa shape index (κ2) is 4.65. The van der Waals surface area contributed by atoms with Crippen LogP contribution in [0.25, 0.3) is 0 Å². The van der Waals surface area contributed by atoms with Crippen LogP contribution in [0.5, 0.6) is 0 Å². The van der Waals surface area contributed by atoms with Gasteiger partial charge in [0.1, 0.15) is 5.69 Å². The minimum absolute atomic E-state index is 0.305. The van der Waals surface area contributed by atoms with Crippen LogP contribution >= 0.6 is 0 Å². The predicted octanol–water partition coefficient (Wildman–Crippen LogP) is 3.41. The van der Waals surface area contributed by atoms with Gasteiger partial charge >= 0.3 is 6.18 Å². The maximum Gasteiger partial charge on any atom is 0.416 e. The molecule has 0 spiro atoms. The van der Waals surface area contributed by atoms with Crippen molar-refractivity contribution in [2.45, 2.75) is 25.9 Å². The Hall–Kier alpha value is -1.71. The average molecular weight is 250 g/mol. The quantitative estimate of drug-likeness (QED) is 0.754. The first-order chi connectivity index (χ1) is 7.77. The molecule has 1 aromatic heterocycles. The van der Waals surface area contributed by atoms with Gasteiger partial charge in [0.05, 0.1) is 23.7 Å². The number of alkyl halides is 5. The number of rotatable bonds is 2. The minimum atomic E-state index is -4.74. The Balaban J connectivity index is 3.44. The summed E-state index contributed by atoms with van der Waals surface area (Å²) < 4.78 is 62.7. The molecule has 17 heavy (non-hydrogen) atoms. The van der Waals surface area contributed by atoms with Crippen molar-refractivity contribution < 1.29 is 22.0 Å². The molecule has 0 amide bonds. The van der Waals surface area contributed by atoms with Crippen molar-refractivity contribution in [2.24, 2.45) is 0 Å². The van der Waals surface area contributed by atoms with Gasteiger partial charge in [0.25, 0.3) is 6.43 Å². The van der Waals surface area contributed by atoms with Gasteiger partial charge in [-0.05, 0) is 18.6 Å². The molecule has 0 fully saturated rings. The maximum atomic E-state index is 12.6. The smallest absolute Gasteiger partial charge is 0.250 e. The van der Waals surface area contributed by atoms with E-state index in [1.54, 1.807) is 6.07 Å². The van der Waals surface area contributed by atoms with E-state index < -0.39 is 35.8 Å². The van der Waals surface area contributed by atoms with E-state index in [9.17, 15) is 22.0 Å². The highest BCUT2D eigenvalue weighted by molar-refractivity contribution is 5.35. The summed E-state index contributed by atoms with van der Waals surface area (Å²) in [5.74, 6) is 0. The molecular weight excluding hydrogens is 243 g/mol. The topological polar surface area (TPSA) is 36.7 Å². The second-order valence-corrected chi connectivity index (χ2v) is 3.30. The van der Waals surface area contributed by atoms with Crippen molar-refractivity contribution in [3.05, 3.63) is 28.6 Å². The molecule has 0 aliphatic heterocycles. The fraction of sp³-hybridized carbons (Fsp3) is 0.400. The number of nitriles is 1. The molecule has 0 radical (unpaired) electrons. The lowest BCUT2D eigenvalue weighted by Gasteiger charge is -2.14. The summed E-state index contributed by atoms with van der Waals surface area (Å²) in [5, 5.41) is 8.35. The zero-order valence-corrected chi connectivity index (χ0v) is 8.65. The molecule has 0 bridgehead atoms. The summed E-state index contributed by atoms with van der Waals surface area (Å²) >= 11 is 0. The Labute approximate surface area is 93.7 Å². The third kappa shape index (κ3) is 2.90. The van der Waals surface area contributed by atoms with Crippen LogP contribution in [0, 0.1) is 18.3 Å². The first-order valence-corrected chi connectivity index (χ1v) is 4.50. The molecule has 0 aliphatic rings. The van der Waals surface area contributed by atoms with Crippen LogP contribution in [-0.4, -0.2) is 4.98 Å². The van der Waals surface area contributed by atoms with Crippen molar-refractivity contribution in [1.29, 1.82) is 5.26 Å². The van der Waals surface area contributed by atoms with E-state index in [1.165, 1.54) is 0 Å². The van der Waals surface area contributed by atoms with Gasteiger partial charge in [-0.2, -0.15) is 18.4 Å². The molecule has 92 valence electrons. The maximum absolute atomic E-state index is 12.6. The van der Waals surface area contributed by atoms with Crippen molar-refractivity contribution >= 4 is 0 Å². The Morgan fingerprint density at radius 2 is 2.00 bits per heavy atom. The summed E-state index contributed by atoms with van der Waals surface area (Å²) in [6.07, 6.45) is -8.28. The molecular formula is C10H7F5N2. The summed E-state index contributed by atoms with van der Waals surface area (Å²) in [7, 11) is 0. The molecule has 0 aromatic carbocycles. The molecule has 1 aromatic rings. The number of halogens is 5. The molecule has 0 saturated carbocycles. The molecule has 0 unspecified atom stereocenters. The van der Waals surface area contributed by atoms with E-state index in [-0.39, 0.29) is 5.69 Å². The summed E-state index contributed by atoms with van der Waals surface area (Å²) in [4.78, 5) is 3.36. The van der Waals surface area contributed by atoms with Crippen LogP contribution in [0.15, 0.2) is 6.07 Å². The van der Waals surface area contributed by atoms with E-state index in [0.29, 0.717) is 6.07 Å². The Bertz CT molecular complexity index is 459. The second-order valence-electron chi connectivity index (χ2n) is 3.30. The third-order valence-electron chi connectivity index (χ3n) is 2.14. The Morgan fingerprint density at radius 3 is 2.41 bits per heavy atom. The van der Waals surface area contributed by atoms with Gasteiger partial charge in [0.15, 0.2) is 0 Å². The van der Waals surface area contributed by atoms with E-state index in [1.807, 2.05) is 0 Å². The van der Waals surface area contributed by atoms with E-state index >= 15 is 0 Å². The lowest BCUT2D eigenvalue weighted by atomic mass is 10.1. The Morgan fingerprint density at radius 1 is 1.41 bits per heavy atom. The lowest BCUT2D eigenvalue weighted by Crippen LogP contribution is -2.12. The largest absolute Gasteiger partial charge is 0.416 e. The van der Waals surface area contributed by atoms with Crippen molar-refractivity contribution in [3.8, 4) is 6.07 Å². The molecule has 0 aliphatic carbocycles. The van der Waals surface area contributed by atoms with E-state index in [2.05, 4.69) is 4.98 Å². The van der Waals surface area contributed by atoms with Crippen molar-refractivity contribution in [2.75, 3.05) is 0 Å². The normalized spacial score (nSPS) is 11.6. The number of aromatic nitrogens is 1. The molecule has 1 heterocycles. The number of nitrogens with zero attached hydrogens (tertiary/aromatic N) is 2. The SMILES string of the molecule is Cc1c(C(F)(F)F)cc(CC#N)nc1C(F)F. The minimum Gasteiger partial charge on any atom is -0.250 e. The van der Waals surface area contributed by atoms with Crippen LogP contribution in [0.2, 0.25) is 0 Å². The summed E-state index contributed by atoms with van der Waals surface area (Å²) in [6.45, 7) is 0.938. The number of hydrogen-bond acceptors (Lipinski definition) is 2. The average Bonchev–Trinajstić information content (AvgIpc) is 2.18.